The highest BCUT2D eigenvalue weighted by Crippen LogP contribution is 2.31. The van der Waals surface area contributed by atoms with E-state index in [1.165, 1.54) is 16.7 Å². The number of ether oxygens (including phenoxy) is 1. The largest absolute Gasteiger partial charge is 0.497 e. The lowest BCUT2D eigenvalue weighted by molar-refractivity contribution is -0.120. The predicted octanol–water partition coefficient (Wildman–Crippen LogP) is 5.02. The van der Waals surface area contributed by atoms with Crippen molar-refractivity contribution >= 4 is 17.7 Å². The van der Waals surface area contributed by atoms with E-state index in [2.05, 4.69) is 15.5 Å². The molecule has 0 fully saturated rings. The maximum Gasteiger partial charge on any atom is 0.233 e. The van der Waals surface area contributed by atoms with Crippen LogP contribution in [0.3, 0.4) is 0 Å². The van der Waals surface area contributed by atoms with Gasteiger partial charge in [-0.2, -0.15) is 0 Å². The summed E-state index contributed by atoms with van der Waals surface area (Å²) in [6.45, 7) is 2.08. The smallest absolute Gasteiger partial charge is 0.233 e. The third-order valence-electron chi connectivity index (χ3n) is 5.09. The van der Waals surface area contributed by atoms with Gasteiger partial charge in [0, 0.05) is 18.2 Å². The zero-order valence-electron chi connectivity index (χ0n) is 18.5. The van der Waals surface area contributed by atoms with E-state index in [-0.39, 0.29) is 11.6 Å². The van der Waals surface area contributed by atoms with Gasteiger partial charge in [0.2, 0.25) is 5.91 Å². The number of amides is 1. The Kier molecular flexibility index (Phi) is 7.22. The Bertz CT molecular complexity index is 1280. The fourth-order valence-electron chi connectivity index (χ4n) is 3.29. The molecule has 0 radical (unpaired) electrons. The van der Waals surface area contributed by atoms with Crippen LogP contribution in [-0.2, 0) is 11.3 Å². The number of benzene rings is 3. The van der Waals surface area contributed by atoms with Crippen molar-refractivity contribution in [3.05, 3.63) is 90.0 Å². The van der Waals surface area contributed by atoms with Crippen molar-refractivity contribution in [2.24, 2.45) is 0 Å². The minimum absolute atomic E-state index is 0.0959. The summed E-state index contributed by atoms with van der Waals surface area (Å²) in [5, 5.41) is 11.1. The monoisotopic (exact) mass is 480 g/mol. The molecule has 0 bridgehead atoms. The van der Waals surface area contributed by atoms with Crippen LogP contribution in [0.25, 0.3) is 17.1 Å². The van der Waals surface area contributed by atoms with Crippen LogP contribution in [0.2, 0.25) is 0 Å². The molecule has 0 saturated heterocycles. The van der Waals surface area contributed by atoms with E-state index in [9.17, 15) is 13.6 Å². The molecule has 4 rings (SSSR count). The molecular weight excluding hydrogens is 458 g/mol. The molecule has 1 atom stereocenters. The van der Waals surface area contributed by atoms with Gasteiger partial charge < -0.3 is 10.1 Å². The molecule has 3 aromatic carbocycles. The maximum atomic E-state index is 14.7. The van der Waals surface area contributed by atoms with Crippen LogP contribution < -0.4 is 10.1 Å². The number of carbonyl (C=O) groups is 1. The number of carbonyl (C=O) groups excluding carboxylic acids is 1. The summed E-state index contributed by atoms with van der Waals surface area (Å²) >= 11 is 1.14. The van der Waals surface area contributed by atoms with Gasteiger partial charge in [-0.15, -0.1) is 10.2 Å². The van der Waals surface area contributed by atoms with Crippen molar-refractivity contribution < 1.29 is 18.3 Å². The van der Waals surface area contributed by atoms with Crippen molar-refractivity contribution in [1.29, 1.82) is 0 Å². The Labute approximate surface area is 200 Å². The molecule has 1 unspecified atom stereocenters. The number of hydrogen-bond acceptors (Lipinski definition) is 5. The van der Waals surface area contributed by atoms with Crippen molar-refractivity contribution in [2.75, 3.05) is 7.11 Å². The lowest BCUT2D eigenvalue weighted by atomic mass is 10.2. The van der Waals surface area contributed by atoms with E-state index in [0.29, 0.717) is 23.1 Å². The quantitative estimate of drug-likeness (QED) is 0.359. The predicted molar refractivity (Wildman–Crippen MR) is 127 cm³/mol. The molecular formula is C25H22F2N4O2S. The number of halogens is 2. The topological polar surface area (TPSA) is 69.0 Å². The van der Waals surface area contributed by atoms with Crippen LogP contribution >= 0.6 is 11.8 Å². The zero-order valence-corrected chi connectivity index (χ0v) is 19.4. The summed E-state index contributed by atoms with van der Waals surface area (Å²) in [6, 6.07) is 19.9. The minimum atomic E-state index is -0.754. The summed E-state index contributed by atoms with van der Waals surface area (Å²) in [5.41, 5.74) is 1.73. The lowest BCUT2D eigenvalue weighted by Crippen LogP contribution is -2.30. The molecule has 34 heavy (non-hydrogen) atoms. The van der Waals surface area contributed by atoms with Crippen molar-refractivity contribution in [2.45, 2.75) is 23.9 Å². The molecule has 174 valence electrons. The van der Waals surface area contributed by atoms with Crippen LogP contribution in [0.15, 0.2) is 78.0 Å². The van der Waals surface area contributed by atoms with Gasteiger partial charge in [0.25, 0.3) is 0 Å². The van der Waals surface area contributed by atoms with E-state index in [0.717, 1.165) is 29.1 Å². The molecule has 6 nitrogen and oxygen atoms in total. The highest BCUT2D eigenvalue weighted by Gasteiger charge is 2.23. The molecule has 4 aromatic rings. The van der Waals surface area contributed by atoms with Gasteiger partial charge in [0.15, 0.2) is 11.0 Å². The first-order chi connectivity index (χ1) is 16.5. The van der Waals surface area contributed by atoms with Gasteiger partial charge in [-0.3, -0.25) is 9.36 Å². The number of aromatic nitrogens is 3. The summed E-state index contributed by atoms with van der Waals surface area (Å²) in [6.07, 6.45) is 0. The molecule has 0 spiro atoms. The fraction of sp³-hybridized carbons (Fsp3) is 0.160. The van der Waals surface area contributed by atoms with Crippen LogP contribution in [-0.4, -0.2) is 33.0 Å². The summed E-state index contributed by atoms with van der Waals surface area (Å²) in [5.74, 6) is -0.525. The molecule has 1 aromatic heterocycles. The van der Waals surface area contributed by atoms with Gasteiger partial charge >= 0.3 is 0 Å². The summed E-state index contributed by atoms with van der Waals surface area (Å²) < 4.78 is 34.9. The van der Waals surface area contributed by atoms with E-state index in [1.54, 1.807) is 14.0 Å². The molecule has 0 aliphatic carbocycles. The summed E-state index contributed by atoms with van der Waals surface area (Å²) in [7, 11) is 1.59. The normalized spacial score (nSPS) is 11.8. The minimum Gasteiger partial charge on any atom is -0.497 e. The Balaban J connectivity index is 1.57. The molecule has 9 heteroatoms. The average Bonchev–Trinajstić information content (AvgIpc) is 3.26. The standard InChI is InChI=1S/C25H22F2N4O2S/c1-16(24(32)28-15-17-8-11-20(33-2)12-9-17)34-25-30-29-23(18-6-4-3-5-7-18)31(25)22-13-10-19(26)14-21(22)27/h3-14,16H,15H2,1-2H3,(H,28,32). The van der Waals surface area contributed by atoms with Gasteiger partial charge in [-0.05, 0) is 36.8 Å². The second-order valence-electron chi connectivity index (χ2n) is 7.43. The molecule has 0 aliphatic rings. The number of methoxy groups -OCH3 is 1. The van der Waals surface area contributed by atoms with Crippen molar-refractivity contribution in [3.8, 4) is 22.8 Å². The van der Waals surface area contributed by atoms with Gasteiger partial charge in [0.1, 0.15) is 17.4 Å². The van der Waals surface area contributed by atoms with E-state index in [1.807, 2.05) is 54.6 Å². The number of rotatable bonds is 8. The van der Waals surface area contributed by atoms with Gasteiger partial charge in [0.05, 0.1) is 18.0 Å². The van der Waals surface area contributed by atoms with E-state index < -0.39 is 16.9 Å². The Morgan fingerprint density at radius 1 is 1.06 bits per heavy atom. The molecule has 0 saturated carbocycles. The number of thioether (sulfide) groups is 1. The maximum absolute atomic E-state index is 14.7. The third-order valence-corrected chi connectivity index (χ3v) is 6.14. The van der Waals surface area contributed by atoms with Crippen molar-refractivity contribution in [1.82, 2.24) is 20.1 Å². The second kappa shape index (κ2) is 10.5. The van der Waals surface area contributed by atoms with Crippen LogP contribution in [0, 0.1) is 11.6 Å². The first-order valence-corrected chi connectivity index (χ1v) is 11.4. The molecule has 1 amide bonds. The molecule has 1 heterocycles. The SMILES string of the molecule is COc1ccc(CNC(=O)C(C)Sc2nnc(-c3ccccc3)n2-c2ccc(F)cc2F)cc1. The van der Waals surface area contributed by atoms with Crippen LogP contribution in [0.4, 0.5) is 8.78 Å². The Morgan fingerprint density at radius 2 is 1.79 bits per heavy atom. The first-order valence-electron chi connectivity index (χ1n) is 10.5. The number of nitrogens with one attached hydrogen (secondary N) is 1. The zero-order chi connectivity index (χ0) is 24.1. The van der Waals surface area contributed by atoms with Crippen LogP contribution in [0.1, 0.15) is 12.5 Å². The van der Waals surface area contributed by atoms with E-state index in [4.69, 9.17) is 4.74 Å². The first kappa shape index (κ1) is 23.4. The Morgan fingerprint density at radius 3 is 2.47 bits per heavy atom. The number of nitrogens with zero attached hydrogens (tertiary/aromatic N) is 3. The van der Waals surface area contributed by atoms with Gasteiger partial charge in [-0.1, -0.05) is 54.2 Å². The highest BCUT2D eigenvalue weighted by atomic mass is 32.2. The van der Waals surface area contributed by atoms with E-state index >= 15 is 0 Å². The fourth-order valence-corrected chi connectivity index (χ4v) is 4.17. The lowest BCUT2D eigenvalue weighted by Gasteiger charge is -2.14. The molecule has 1 N–H and O–H groups in total. The summed E-state index contributed by atoms with van der Waals surface area (Å²) in [4.78, 5) is 12.7. The van der Waals surface area contributed by atoms with Crippen molar-refractivity contribution in [3.63, 3.8) is 0 Å². The number of hydrogen-bond donors (Lipinski definition) is 1. The Hall–Kier alpha value is -3.72. The molecule has 0 aliphatic heterocycles. The van der Waals surface area contributed by atoms with Gasteiger partial charge in [-0.25, -0.2) is 8.78 Å². The third kappa shape index (κ3) is 5.26. The average molecular weight is 481 g/mol. The van der Waals surface area contributed by atoms with Crippen LogP contribution in [0.5, 0.6) is 5.75 Å². The second-order valence-corrected chi connectivity index (χ2v) is 8.74. The highest BCUT2D eigenvalue weighted by molar-refractivity contribution is 8.00.